The first-order chi connectivity index (χ1) is 10.6. The molecule has 3 rings (SSSR count). The topological polar surface area (TPSA) is 56.1 Å². The van der Waals surface area contributed by atoms with E-state index in [9.17, 15) is 10.1 Å². The molecule has 0 aromatic heterocycles. The Bertz CT molecular complexity index is 576. The van der Waals surface area contributed by atoms with Crippen molar-refractivity contribution in [2.75, 3.05) is 19.6 Å². The Morgan fingerprint density at radius 1 is 1.36 bits per heavy atom. The largest absolute Gasteiger partial charge is 0.337 e. The Hall–Kier alpha value is -1.86. The zero-order valence-corrected chi connectivity index (χ0v) is 13.1. The number of carbonyl (C=O) groups is 1. The van der Waals surface area contributed by atoms with Crippen LogP contribution in [-0.2, 0) is 4.79 Å². The molecule has 116 valence electrons. The summed E-state index contributed by atoms with van der Waals surface area (Å²) in [5, 5.41) is 12.3. The highest BCUT2D eigenvalue weighted by Crippen LogP contribution is 2.39. The van der Waals surface area contributed by atoms with Crippen molar-refractivity contribution < 1.29 is 4.79 Å². The van der Waals surface area contributed by atoms with E-state index < -0.39 is 5.54 Å². The van der Waals surface area contributed by atoms with Gasteiger partial charge in [-0.25, -0.2) is 0 Å². The molecule has 0 unspecified atom stereocenters. The van der Waals surface area contributed by atoms with E-state index in [0.717, 1.165) is 32.4 Å². The molecule has 1 heterocycles. The van der Waals surface area contributed by atoms with Crippen molar-refractivity contribution in [2.24, 2.45) is 5.92 Å². The van der Waals surface area contributed by atoms with E-state index in [2.05, 4.69) is 40.6 Å². The lowest BCUT2D eigenvalue weighted by atomic mass is 9.98. The highest BCUT2D eigenvalue weighted by molar-refractivity contribution is 5.79. The minimum absolute atomic E-state index is 0.0235. The van der Waals surface area contributed by atoms with Gasteiger partial charge in [0.05, 0.1) is 12.6 Å². The molecule has 1 aromatic carbocycles. The fourth-order valence-electron chi connectivity index (χ4n) is 3.39. The van der Waals surface area contributed by atoms with E-state index in [1.54, 1.807) is 0 Å². The summed E-state index contributed by atoms with van der Waals surface area (Å²) in [5.41, 5.74) is 0.667. The van der Waals surface area contributed by atoms with E-state index >= 15 is 0 Å². The number of carbonyl (C=O) groups excluding carboxylic acids is 1. The number of hydrogen-bond donors (Lipinski definition) is 1. The van der Waals surface area contributed by atoms with Crippen molar-refractivity contribution in [3.63, 3.8) is 0 Å². The Balaban J connectivity index is 1.52. The molecule has 1 saturated carbocycles. The van der Waals surface area contributed by atoms with Crippen LogP contribution in [0.5, 0.6) is 0 Å². The molecular weight excluding hydrogens is 274 g/mol. The van der Waals surface area contributed by atoms with Gasteiger partial charge in [-0.2, -0.15) is 5.26 Å². The third-order valence-electron chi connectivity index (χ3n) is 4.94. The summed E-state index contributed by atoms with van der Waals surface area (Å²) in [4.78, 5) is 14.4. The molecular formula is C18H23N3O. The smallest absolute Gasteiger partial charge is 0.235 e. The molecule has 1 N–H and O–H groups in total. The maximum absolute atomic E-state index is 12.2. The maximum Gasteiger partial charge on any atom is 0.235 e. The van der Waals surface area contributed by atoms with Gasteiger partial charge in [-0.3, -0.25) is 9.69 Å². The maximum atomic E-state index is 12.2. The molecule has 2 atom stereocenters. The second-order valence-electron chi connectivity index (χ2n) is 6.77. The van der Waals surface area contributed by atoms with Crippen molar-refractivity contribution >= 4 is 5.91 Å². The molecule has 1 aromatic rings. The minimum Gasteiger partial charge on any atom is -0.337 e. The van der Waals surface area contributed by atoms with Gasteiger partial charge in [-0.05, 0) is 50.1 Å². The average molecular weight is 297 g/mol. The highest BCUT2D eigenvalue weighted by Gasteiger charge is 2.43. The monoisotopic (exact) mass is 297 g/mol. The molecule has 2 fully saturated rings. The van der Waals surface area contributed by atoms with E-state index in [-0.39, 0.29) is 5.91 Å². The number of likely N-dealkylation sites (tertiary alicyclic amines) is 1. The Labute approximate surface area is 132 Å². The Kier molecular flexibility index (Phi) is 4.17. The number of rotatable bonds is 5. The standard InChI is InChI=1S/C18H23N3O/c1-18(13-19,16-7-8-16)20-17(22)12-21-10-9-15(11-21)14-5-3-2-4-6-14/h2-6,15-16H,7-12H2,1H3,(H,20,22)/t15-,18+/m0/s1. The first kappa shape index (κ1) is 15.1. The van der Waals surface area contributed by atoms with Gasteiger partial charge in [0.15, 0.2) is 0 Å². The van der Waals surface area contributed by atoms with Crippen LogP contribution in [0, 0.1) is 17.2 Å². The molecule has 0 bridgehead atoms. The zero-order valence-electron chi connectivity index (χ0n) is 13.1. The number of benzene rings is 1. The third-order valence-corrected chi connectivity index (χ3v) is 4.94. The second-order valence-corrected chi connectivity index (χ2v) is 6.77. The van der Waals surface area contributed by atoms with Gasteiger partial charge >= 0.3 is 0 Å². The molecule has 22 heavy (non-hydrogen) atoms. The summed E-state index contributed by atoms with van der Waals surface area (Å²) < 4.78 is 0. The number of nitrogens with one attached hydrogen (secondary N) is 1. The van der Waals surface area contributed by atoms with Crippen LogP contribution in [0.15, 0.2) is 30.3 Å². The first-order valence-electron chi connectivity index (χ1n) is 8.10. The van der Waals surface area contributed by atoms with Crippen LogP contribution < -0.4 is 5.32 Å². The van der Waals surface area contributed by atoms with Gasteiger partial charge in [-0.1, -0.05) is 30.3 Å². The predicted molar refractivity (Wildman–Crippen MR) is 85.1 cm³/mol. The highest BCUT2D eigenvalue weighted by atomic mass is 16.2. The Morgan fingerprint density at radius 3 is 2.73 bits per heavy atom. The van der Waals surface area contributed by atoms with Crippen molar-refractivity contribution in [3.05, 3.63) is 35.9 Å². The molecule has 4 nitrogen and oxygen atoms in total. The molecule has 2 aliphatic rings. The predicted octanol–water partition coefficient (Wildman–Crippen LogP) is 2.28. The number of nitriles is 1. The fraction of sp³-hybridized carbons (Fsp3) is 0.556. The quantitative estimate of drug-likeness (QED) is 0.907. The zero-order chi connectivity index (χ0) is 15.6. The molecule has 1 aliphatic heterocycles. The van der Waals surface area contributed by atoms with Crippen LogP contribution >= 0.6 is 0 Å². The average Bonchev–Trinajstić information content (AvgIpc) is 3.29. The molecule has 1 aliphatic carbocycles. The van der Waals surface area contributed by atoms with Crippen molar-refractivity contribution in [3.8, 4) is 6.07 Å². The lowest BCUT2D eigenvalue weighted by molar-refractivity contribution is -0.123. The fourth-order valence-corrected chi connectivity index (χ4v) is 3.39. The molecule has 0 radical (unpaired) electrons. The molecule has 1 amide bonds. The van der Waals surface area contributed by atoms with E-state index in [4.69, 9.17) is 0 Å². The van der Waals surface area contributed by atoms with Crippen LogP contribution in [0.3, 0.4) is 0 Å². The van der Waals surface area contributed by atoms with Gasteiger partial charge in [0.1, 0.15) is 5.54 Å². The normalized spacial score (nSPS) is 24.5. The summed E-state index contributed by atoms with van der Waals surface area (Å²) >= 11 is 0. The number of nitrogens with zero attached hydrogens (tertiary/aromatic N) is 2. The van der Waals surface area contributed by atoms with Gasteiger partial charge in [0.2, 0.25) is 5.91 Å². The third kappa shape index (κ3) is 3.31. The van der Waals surface area contributed by atoms with Crippen LogP contribution in [0.4, 0.5) is 0 Å². The Morgan fingerprint density at radius 2 is 2.09 bits per heavy atom. The molecule has 1 saturated heterocycles. The van der Waals surface area contributed by atoms with Crippen LogP contribution in [-0.4, -0.2) is 36.0 Å². The van der Waals surface area contributed by atoms with Gasteiger partial charge in [0.25, 0.3) is 0 Å². The van der Waals surface area contributed by atoms with Crippen LogP contribution in [0.1, 0.15) is 37.7 Å². The summed E-state index contributed by atoms with van der Waals surface area (Å²) in [6.45, 7) is 4.11. The first-order valence-corrected chi connectivity index (χ1v) is 8.10. The van der Waals surface area contributed by atoms with Gasteiger partial charge in [-0.15, -0.1) is 0 Å². The van der Waals surface area contributed by atoms with Gasteiger partial charge in [0, 0.05) is 6.54 Å². The van der Waals surface area contributed by atoms with E-state index in [1.807, 2.05) is 13.0 Å². The molecule has 4 heteroatoms. The summed E-state index contributed by atoms with van der Waals surface area (Å²) in [6.07, 6.45) is 3.18. The van der Waals surface area contributed by atoms with Gasteiger partial charge < -0.3 is 5.32 Å². The van der Waals surface area contributed by atoms with Crippen molar-refractivity contribution in [1.82, 2.24) is 10.2 Å². The number of hydrogen-bond acceptors (Lipinski definition) is 3. The van der Waals surface area contributed by atoms with Crippen LogP contribution in [0.25, 0.3) is 0 Å². The minimum atomic E-state index is -0.685. The molecule has 0 spiro atoms. The van der Waals surface area contributed by atoms with Crippen molar-refractivity contribution in [2.45, 2.75) is 37.6 Å². The van der Waals surface area contributed by atoms with E-state index in [0.29, 0.717) is 18.4 Å². The lowest BCUT2D eigenvalue weighted by Crippen LogP contribution is -2.50. The van der Waals surface area contributed by atoms with Crippen molar-refractivity contribution in [1.29, 1.82) is 5.26 Å². The summed E-state index contributed by atoms with van der Waals surface area (Å²) in [5.74, 6) is 0.821. The second kappa shape index (κ2) is 6.10. The summed E-state index contributed by atoms with van der Waals surface area (Å²) in [6, 6.07) is 12.8. The summed E-state index contributed by atoms with van der Waals surface area (Å²) in [7, 11) is 0. The lowest BCUT2D eigenvalue weighted by Gasteiger charge is -2.24. The number of amides is 1. The van der Waals surface area contributed by atoms with E-state index in [1.165, 1.54) is 5.56 Å². The SMILES string of the molecule is C[C@](C#N)(NC(=O)CN1CC[C@H](c2ccccc2)C1)C1CC1. The van der Waals surface area contributed by atoms with Crippen LogP contribution in [0.2, 0.25) is 0 Å².